The summed E-state index contributed by atoms with van der Waals surface area (Å²) in [7, 11) is 4.29. The van der Waals surface area contributed by atoms with Crippen LogP contribution in [0.4, 0.5) is 5.69 Å². The van der Waals surface area contributed by atoms with Crippen LogP contribution < -0.4 is 10.1 Å². The molecule has 10 nitrogen and oxygen atoms in total. The lowest BCUT2D eigenvalue weighted by Gasteiger charge is -2.10. The number of hydrogen-bond donors (Lipinski definition) is 1. The minimum Gasteiger partial charge on any atom is -0.490 e. The van der Waals surface area contributed by atoms with Crippen molar-refractivity contribution in [2.75, 3.05) is 34.4 Å². The molecule has 0 atom stereocenters. The van der Waals surface area contributed by atoms with E-state index in [0.29, 0.717) is 0 Å². The number of methoxy groups -OCH3 is 1. The highest BCUT2D eigenvalue weighted by Crippen LogP contribution is 2.27. The van der Waals surface area contributed by atoms with Gasteiger partial charge in [0.05, 0.1) is 12.0 Å². The second-order valence-electron chi connectivity index (χ2n) is 4.78. The zero-order valence-corrected chi connectivity index (χ0v) is 13.4. The standard InChI is InChI=1S/C14H17N3O7/c1-16(2)12(18)8-24-13(19)7-15-14(20)9-4-5-11(23-3)10(6-9)17(21)22/h4-6H,7-8H2,1-3H3,(H,15,20). The number of esters is 1. The van der Waals surface area contributed by atoms with Crippen molar-refractivity contribution in [1.82, 2.24) is 10.2 Å². The van der Waals surface area contributed by atoms with Crippen molar-refractivity contribution in [2.45, 2.75) is 0 Å². The highest BCUT2D eigenvalue weighted by molar-refractivity contribution is 5.96. The van der Waals surface area contributed by atoms with Crippen LogP contribution >= 0.6 is 0 Å². The maximum absolute atomic E-state index is 11.9. The number of benzene rings is 1. The zero-order valence-electron chi connectivity index (χ0n) is 13.4. The average molecular weight is 339 g/mol. The van der Waals surface area contributed by atoms with E-state index < -0.39 is 35.9 Å². The van der Waals surface area contributed by atoms with Crippen LogP contribution in [0.15, 0.2) is 18.2 Å². The topological polar surface area (TPSA) is 128 Å². The van der Waals surface area contributed by atoms with Crippen LogP contribution in [-0.2, 0) is 14.3 Å². The lowest BCUT2D eigenvalue weighted by Crippen LogP contribution is -2.33. The van der Waals surface area contributed by atoms with Gasteiger partial charge in [0.25, 0.3) is 11.8 Å². The SMILES string of the molecule is COc1ccc(C(=O)NCC(=O)OCC(=O)N(C)C)cc1[N+](=O)[O-]. The van der Waals surface area contributed by atoms with Gasteiger partial charge in [-0.2, -0.15) is 0 Å². The number of nitrogens with one attached hydrogen (secondary N) is 1. The molecule has 1 aromatic rings. The molecule has 0 unspecified atom stereocenters. The van der Waals surface area contributed by atoms with Crippen LogP contribution in [0.2, 0.25) is 0 Å². The van der Waals surface area contributed by atoms with Gasteiger partial charge in [-0.15, -0.1) is 0 Å². The van der Waals surface area contributed by atoms with Gasteiger partial charge in [0, 0.05) is 25.7 Å². The number of rotatable bonds is 7. The van der Waals surface area contributed by atoms with E-state index in [1.165, 1.54) is 38.2 Å². The lowest BCUT2D eigenvalue weighted by molar-refractivity contribution is -0.385. The largest absolute Gasteiger partial charge is 0.490 e. The smallest absolute Gasteiger partial charge is 0.325 e. The normalized spacial score (nSPS) is 9.79. The summed E-state index contributed by atoms with van der Waals surface area (Å²) in [5, 5.41) is 13.2. The first kappa shape index (κ1) is 18.9. The monoisotopic (exact) mass is 339 g/mol. The minimum absolute atomic E-state index is 0.0122. The van der Waals surface area contributed by atoms with Crippen LogP contribution in [0.1, 0.15) is 10.4 Å². The van der Waals surface area contributed by atoms with Gasteiger partial charge in [0.2, 0.25) is 0 Å². The van der Waals surface area contributed by atoms with Crippen LogP contribution in [0, 0.1) is 10.1 Å². The van der Waals surface area contributed by atoms with Crippen molar-refractivity contribution in [3.63, 3.8) is 0 Å². The zero-order chi connectivity index (χ0) is 18.3. The van der Waals surface area contributed by atoms with E-state index in [1.54, 1.807) is 0 Å². The quantitative estimate of drug-likeness (QED) is 0.419. The fraction of sp³-hybridized carbons (Fsp3) is 0.357. The molecule has 0 aliphatic rings. The third-order valence-electron chi connectivity index (χ3n) is 2.89. The number of ether oxygens (including phenoxy) is 2. The number of amides is 2. The average Bonchev–Trinajstić information content (AvgIpc) is 2.56. The van der Waals surface area contributed by atoms with Crippen molar-refractivity contribution in [3.8, 4) is 5.75 Å². The molecule has 1 rings (SSSR count). The van der Waals surface area contributed by atoms with Gasteiger partial charge >= 0.3 is 11.7 Å². The molecule has 1 aromatic carbocycles. The summed E-state index contributed by atoms with van der Waals surface area (Å²) in [6, 6.07) is 3.64. The Morgan fingerprint density at radius 3 is 2.50 bits per heavy atom. The first-order chi connectivity index (χ1) is 11.3. The molecule has 0 radical (unpaired) electrons. The number of nitrogens with zero attached hydrogens (tertiary/aromatic N) is 2. The van der Waals surface area contributed by atoms with E-state index in [1.807, 2.05) is 0 Å². The molecule has 0 heterocycles. The second kappa shape index (κ2) is 8.46. The fourth-order valence-electron chi connectivity index (χ4n) is 1.55. The van der Waals surface area contributed by atoms with E-state index >= 15 is 0 Å². The van der Waals surface area contributed by atoms with Gasteiger partial charge in [0.1, 0.15) is 6.54 Å². The Kier molecular flexibility index (Phi) is 6.65. The summed E-state index contributed by atoms with van der Waals surface area (Å²) < 4.78 is 9.51. The predicted octanol–water partition coefficient (Wildman–Crippen LogP) is -0.0354. The van der Waals surface area contributed by atoms with Crippen molar-refractivity contribution in [3.05, 3.63) is 33.9 Å². The van der Waals surface area contributed by atoms with E-state index in [2.05, 4.69) is 10.1 Å². The van der Waals surface area contributed by atoms with Gasteiger partial charge in [-0.1, -0.05) is 0 Å². The van der Waals surface area contributed by atoms with Crippen molar-refractivity contribution >= 4 is 23.5 Å². The minimum atomic E-state index is -0.804. The number of carbonyl (C=O) groups is 3. The maximum atomic E-state index is 11.9. The van der Waals surface area contributed by atoms with E-state index in [4.69, 9.17) is 4.74 Å². The number of nitro benzene ring substituents is 1. The Bertz CT molecular complexity index is 658. The second-order valence-corrected chi connectivity index (χ2v) is 4.78. The lowest BCUT2D eigenvalue weighted by atomic mass is 10.1. The van der Waals surface area contributed by atoms with Gasteiger partial charge < -0.3 is 19.7 Å². The van der Waals surface area contributed by atoms with Gasteiger partial charge in [0.15, 0.2) is 12.4 Å². The van der Waals surface area contributed by atoms with Gasteiger partial charge in [-0.25, -0.2) is 0 Å². The van der Waals surface area contributed by atoms with Crippen LogP contribution in [-0.4, -0.2) is 62.0 Å². The Morgan fingerprint density at radius 1 is 1.29 bits per heavy atom. The third-order valence-corrected chi connectivity index (χ3v) is 2.89. The highest BCUT2D eigenvalue weighted by atomic mass is 16.6. The van der Waals surface area contributed by atoms with Crippen LogP contribution in [0.25, 0.3) is 0 Å². The first-order valence-electron chi connectivity index (χ1n) is 6.72. The van der Waals surface area contributed by atoms with E-state index in [-0.39, 0.29) is 17.0 Å². The maximum Gasteiger partial charge on any atom is 0.325 e. The number of carbonyl (C=O) groups excluding carboxylic acids is 3. The van der Waals surface area contributed by atoms with Crippen molar-refractivity contribution in [1.29, 1.82) is 0 Å². The van der Waals surface area contributed by atoms with Crippen molar-refractivity contribution < 1.29 is 28.8 Å². The summed E-state index contributed by atoms with van der Waals surface area (Å²) in [6.07, 6.45) is 0. The molecular formula is C14H17N3O7. The van der Waals surface area contributed by atoms with E-state index in [0.717, 1.165) is 6.07 Å². The Labute approximate surface area is 137 Å². The summed E-state index contributed by atoms with van der Waals surface area (Å²) >= 11 is 0. The highest BCUT2D eigenvalue weighted by Gasteiger charge is 2.18. The molecular weight excluding hydrogens is 322 g/mol. The molecule has 10 heteroatoms. The number of likely N-dealkylation sites (N-methyl/N-ethyl adjacent to an activating group) is 1. The third kappa shape index (κ3) is 5.23. The molecule has 0 bridgehead atoms. The van der Waals surface area contributed by atoms with Gasteiger partial charge in [-0.05, 0) is 12.1 Å². The molecule has 130 valence electrons. The van der Waals surface area contributed by atoms with Crippen LogP contribution in [0.5, 0.6) is 5.75 Å². The predicted molar refractivity (Wildman–Crippen MR) is 81.6 cm³/mol. The van der Waals surface area contributed by atoms with Gasteiger partial charge in [-0.3, -0.25) is 24.5 Å². The molecule has 1 N–H and O–H groups in total. The molecule has 0 spiro atoms. The number of hydrogen-bond acceptors (Lipinski definition) is 7. The summed E-state index contributed by atoms with van der Waals surface area (Å²) in [5.74, 6) is -1.89. The van der Waals surface area contributed by atoms with Crippen LogP contribution in [0.3, 0.4) is 0 Å². The van der Waals surface area contributed by atoms with E-state index in [9.17, 15) is 24.5 Å². The summed E-state index contributed by atoms with van der Waals surface area (Å²) in [6.45, 7) is -0.908. The Morgan fingerprint density at radius 2 is 1.96 bits per heavy atom. The Balaban J connectivity index is 2.62. The molecule has 0 aromatic heterocycles. The molecule has 0 saturated carbocycles. The molecule has 2 amide bonds. The molecule has 0 saturated heterocycles. The molecule has 0 aliphatic heterocycles. The molecule has 24 heavy (non-hydrogen) atoms. The fourth-order valence-corrected chi connectivity index (χ4v) is 1.55. The molecule has 0 fully saturated rings. The summed E-state index contributed by atoms with van der Waals surface area (Å²) in [5.41, 5.74) is -0.385. The molecule has 0 aliphatic carbocycles. The summed E-state index contributed by atoms with van der Waals surface area (Å²) in [4.78, 5) is 46.1. The van der Waals surface area contributed by atoms with Crippen molar-refractivity contribution in [2.24, 2.45) is 0 Å². The number of nitro groups is 1. The first-order valence-corrected chi connectivity index (χ1v) is 6.72. The Hall–Kier alpha value is -3.17.